The van der Waals surface area contributed by atoms with Crippen LogP contribution in [0.4, 0.5) is 10.5 Å². The van der Waals surface area contributed by atoms with Gasteiger partial charge in [0.2, 0.25) is 0 Å². The second-order valence-corrected chi connectivity index (χ2v) is 4.47. The molecule has 1 amide bonds. The van der Waals surface area contributed by atoms with Gasteiger partial charge in [-0.15, -0.1) is 0 Å². The first-order chi connectivity index (χ1) is 11.0. The number of nitrogens with zero attached hydrogens (tertiary/aromatic N) is 2. The van der Waals surface area contributed by atoms with Crippen LogP contribution >= 0.6 is 0 Å². The fraction of sp³-hybridized carbons (Fsp3) is 0.200. The molecule has 120 valence electrons. The molecule has 8 heteroatoms. The van der Waals surface area contributed by atoms with E-state index >= 15 is 0 Å². The lowest BCUT2D eigenvalue weighted by Gasteiger charge is -2.01. The minimum atomic E-state index is -0.669. The van der Waals surface area contributed by atoms with Crippen LogP contribution in [0, 0.1) is 10.1 Å². The zero-order valence-corrected chi connectivity index (χ0v) is 12.6. The van der Waals surface area contributed by atoms with E-state index in [0.29, 0.717) is 22.8 Å². The molecule has 0 unspecified atom stereocenters. The van der Waals surface area contributed by atoms with Crippen molar-refractivity contribution in [2.24, 2.45) is 5.10 Å². The molecule has 8 nitrogen and oxygen atoms in total. The third kappa shape index (κ3) is 3.94. The highest BCUT2D eigenvalue weighted by atomic mass is 16.6. The molecule has 0 spiro atoms. The van der Waals surface area contributed by atoms with Crippen molar-refractivity contribution in [3.8, 4) is 11.3 Å². The molecule has 0 atom stereocenters. The number of carbonyl (C=O) groups excluding carboxylic acids is 1. The van der Waals surface area contributed by atoms with Crippen LogP contribution in [0.15, 0.2) is 45.9 Å². The first kappa shape index (κ1) is 16.2. The van der Waals surface area contributed by atoms with Gasteiger partial charge < -0.3 is 9.15 Å². The molecule has 23 heavy (non-hydrogen) atoms. The third-order valence-corrected chi connectivity index (χ3v) is 2.92. The highest BCUT2D eigenvalue weighted by Gasteiger charge is 2.17. The summed E-state index contributed by atoms with van der Waals surface area (Å²) < 4.78 is 10.3. The van der Waals surface area contributed by atoms with Crippen LogP contribution in [0.2, 0.25) is 0 Å². The van der Waals surface area contributed by atoms with Crippen LogP contribution < -0.4 is 5.43 Å². The normalized spacial score (nSPS) is 11.1. The van der Waals surface area contributed by atoms with E-state index in [1.54, 1.807) is 44.2 Å². The van der Waals surface area contributed by atoms with Crippen molar-refractivity contribution in [3.63, 3.8) is 0 Å². The topological polar surface area (TPSA) is 107 Å². The lowest BCUT2D eigenvalue weighted by atomic mass is 10.1. The van der Waals surface area contributed by atoms with Crippen LogP contribution in [0.3, 0.4) is 0 Å². The standard InChI is InChI=1S/C15H15N3O5/c1-3-22-15(19)17-16-10(2)13-8-9-14(23-13)11-6-4-5-7-12(11)18(20)21/h4-9H,3H2,1-2H3,(H,17,19). The molecule has 0 fully saturated rings. The first-order valence-electron chi connectivity index (χ1n) is 6.84. The highest BCUT2D eigenvalue weighted by Crippen LogP contribution is 2.30. The second-order valence-electron chi connectivity index (χ2n) is 4.47. The second kappa shape index (κ2) is 7.21. The molecule has 1 aromatic carbocycles. The summed E-state index contributed by atoms with van der Waals surface area (Å²) in [4.78, 5) is 21.8. The number of hydrazone groups is 1. The number of para-hydroxylation sites is 1. The molecule has 0 bridgehead atoms. The van der Waals surface area contributed by atoms with Gasteiger partial charge in [-0.2, -0.15) is 5.10 Å². The minimum absolute atomic E-state index is 0.0485. The number of hydrogen-bond acceptors (Lipinski definition) is 6. The van der Waals surface area contributed by atoms with Crippen LogP contribution in [-0.4, -0.2) is 23.3 Å². The molecule has 0 aliphatic heterocycles. The zero-order chi connectivity index (χ0) is 16.8. The van der Waals surface area contributed by atoms with Crippen molar-refractivity contribution in [1.29, 1.82) is 0 Å². The molecule has 0 aliphatic carbocycles. The summed E-state index contributed by atoms with van der Waals surface area (Å²) in [7, 11) is 0. The smallest absolute Gasteiger partial charge is 0.427 e. The van der Waals surface area contributed by atoms with E-state index in [0.717, 1.165) is 0 Å². The predicted molar refractivity (Wildman–Crippen MR) is 83.2 cm³/mol. The van der Waals surface area contributed by atoms with Gasteiger partial charge >= 0.3 is 6.09 Å². The number of hydrogen-bond donors (Lipinski definition) is 1. The number of rotatable bonds is 5. The molecule has 0 aliphatic rings. The lowest BCUT2D eigenvalue weighted by molar-refractivity contribution is -0.384. The van der Waals surface area contributed by atoms with Gasteiger partial charge in [-0.05, 0) is 32.0 Å². The van der Waals surface area contributed by atoms with Gasteiger partial charge in [-0.1, -0.05) is 12.1 Å². The van der Waals surface area contributed by atoms with Gasteiger partial charge in [-0.3, -0.25) is 10.1 Å². The lowest BCUT2D eigenvalue weighted by Crippen LogP contribution is -2.20. The van der Waals surface area contributed by atoms with Crippen molar-refractivity contribution < 1.29 is 18.9 Å². The summed E-state index contributed by atoms with van der Waals surface area (Å²) in [6.45, 7) is 3.55. The van der Waals surface area contributed by atoms with Crippen LogP contribution in [0.25, 0.3) is 11.3 Å². The molecule has 0 radical (unpaired) electrons. The SMILES string of the molecule is CCOC(=O)NN=C(C)c1ccc(-c2ccccc2[N+](=O)[O-])o1. The largest absolute Gasteiger partial charge is 0.454 e. The Morgan fingerprint density at radius 2 is 2.09 bits per heavy atom. The minimum Gasteiger partial charge on any atom is -0.454 e. The van der Waals surface area contributed by atoms with E-state index in [-0.39, 0.29) is 12.3 Å². The number of ether oxygens (including phenoxy) is 1. The maximum atomic E-state index is 11.2. The molecule has 1 N–H and O–H groups in total. The van der Waals surface area contributed by atoms with Crippen LogP contribution in [0.5, 0.6) is 0 Å². The van der Waals surface area contributed by atoms with Crippen molar-refractivity contribution in [3.05, 3.63) is 52.3 Å². The molecule has 1 aromatic heterocycles. The van der Waals surface area contributed by atoms with E-state index in [4.69, 9.17) is 4.42 Å². The Morgan fingerprint density at radius 1 is 1.35 bits per heavy atom. The summed E-state index contributed by atoms with van der Waals surface area (Å²) in [5, 5.41) is 14.9. The van der Waals surface area contributed by atoms with Gasteiger partial charge in [-0.25, -0.2) is 10.2 Å². The number of benzene rings is 1. The Hall–Kier alpha value is -3.16. The Kier molecular flexibility index (Phi) is 5.08. The maximum absolute atomic E-state index is 11.2. The number of furan rings is 1. The fourth-order valence-electron chi connectivity index (χ4n) is 1.87. The summed E-state index contributed by atoms with van der Waals surface area (Å²) in [6.07, 6.45) is -0.669. The Bertz CT molecular complexity index is 751. The Balaban J connectivity index is 2.23. The number of nitrogens with one attached hydrogen (secondary N) is 1. The fourth-order valence-corrected chi connectivity index (χ4v) is 1.87. The van der Waals surface area contributed by atoms with E-state index in [1.807, 2.05) is 0 Å². The van der Waals surface area contributed by atoms with Crippen molar-refractivity contribution in [2.75, 3.05) is 6.61 Å². The van der Waals surface area contributed by atoms with E-state index in [2.05, 4.69) is 15.3 Å². The highest BCUT2D eigenvalue weighted by molar-refractivity contribution is 5.97. The maximum Gasteiger partial charge on any atom is 0.427 e. The average molecular weight is 317 g/mol. The molecule has 0 saturated heterocycles. The number of nitro benzene ring substituents is 1. The molecule has 1 heterocycles. The number of nitro groups is 1. The average Bonchev–Trinajstić information content (AvgIpc) is 3.02. The first-order valence-corrected chi connectivity index (χ1v) is 6.84. The van der Waals surface area contributed by atoms with Crippen molar-refractivity contribution in [2.45, 2.75) is 13.8 Å². The van der Waals surface area contributed by atoms with E-state index < -0.39 is 11.0 Å². The molecule has 2 rings (SSSR count). The van der Waals surface area contributed by atoms with E-state index in [1.165, 1.54) is 6.07 Å². The predicted octanol–water partition coefficient (Wildman–Crippen LogP) is 3.32. The Labute approximate surface area is 131 Å². The van der Waals surface area contributed by atoms with Crippen molar-refractivity contribution >= 4 is 17.5 Å². The molecular formula is C15H15N3O5. The number of carbonyl (C=O) groups is 1. The van der Waals surface area contributed by atoms with Crippen LogP contribution in [-0.2, 0) is 4.74 Å². The third-order valence-electron chi connectivity index (χ3n) is 2.92. The molecule has 2 aromatic rings. The summed E-state index contributed by atoms with van der Waals surface area (Å²) >= 11 is 0. The van der Waals surface area contributed by atoms with Gasteiger partial charge in [0, 0.05) is 6.07 Å². The van der Waals surface area contributed by atoms with Gasteiger partial charge in [0.1, 0.15) is 11.5 Å². The van der Waals surface area contributed by atoms with Gasteiger partial charge in [0.05, 0.1) is 17.1 Å². The summed E-state index contributed by atoms with van der Waals surface area (Å²) in [5.41, 5.74) is 2.95. The van der Waals surface area contributed by atoms with E-state index in [9.17, 15) is 14.9 Å². The van der Waals surface area contributed by atoms with Crippen molar-refractivity contribution in [1.82, 2.24) is 5.43 Å². The molecule has 0 saturated carbocycles. The zero-order valence-electron chi connectivity index (χ0n) is 12.6. The summed E-state index contributed by atoms with van der Waals surface area (Å²) in [5.74, 6) is 0.730. The number of amides is 1. The van der Waals surface area contributed by atoms with Gasteiger partial charge in [0.25, 0.3) is 5.69 Å². The summed E-state index contributed by atoms with van der Waals surface area (Å²) in [6, 6.07) is 9.51. The monoisotopic (exact) mass is 317 g/mol. The van der Waals surface area contributed by atoms with Crippen LogP contribution in [0.1, 0.15) is 19.6 Å². The Morgan fingerprint density at radius 3 is 2.78 bits per heavy atom. The van der Waals surface area contributed by atoms with Gasteiger partial charge in [0.15, 0.2) is 5.76 Å². The quantitative estimate of drug-likeness (QED) is 0.517. The molecular weight excluding hydrogens is 302 g/mol.